The van der Waals surface area contributed by atoms with Crippen LogP contribution in [0.5, 0.6) is 5.75 Å². The molecule has 0 atom stereocenters. The molecule has 1 N–H and O–H groups in total. The maximum Gasteiger partial charge on any atom is 0.244 e. The van der Waals surface area contributed by atoms with Crippen LogP contribution in [0.25, 0.3) is 23.0 Å². The Morgan fingerprint density at radius 1 is 1.03 bits per heavy atom. The molecular weight excluding hydrogens is 378 g/mol. The Balaban J connectivity index is 1.45. The first-order chi connectivity index (χ1) is 14.6. The van der Waals surface area contributed by atoms with Crippen molar-refractivity contribution in [3.8, 4) is 17.0 Å². The van der Waals surface area contributed by atoms with Crippen molar-refractivity contribution >= 4 is 17.6 Å². The average Bonchev–Trinajstić information content (AvgIpc) is 3.19. The smallest absolute Gasteiger partial charge is 0.244 e. The fourth-order valence-electron chi connectivity index (χ4n) is 2.93. The zero-order valence-electron chi connectivity index (χ0n) is 16.7. The summed E-state index contributed by atoms with van der Waals surface area (Å²) in [6, 6.07) is 19.4. The van der Waals surface area contributed by atoms with Crippen LogP contribution in [0.1, 0.15) is 17.0 Å². The van der Waals surface area contributed by atoms with Gasteiger partial charge in [-0.15, -0.1) is 10.2 Å². The van der Waals surface area contributed by atoms with E-state index >= 15 is 0 Å². The first kappa shape index (κ1) is 19.3. The van der Waals surface area contributed by atoms with Gasteiger partial charge in [0.05, 0.1) is 19.3 Å². The molecule has 0 saturated heterocycles. The Morgan fingerprint density at radius 3 is 2.53 bits per heavy atom. The van der Waals surface area contributed by atoms with Crippen molar-refractivity contribution in [3.05, 3.63) is 83.7 Å². The van der Waals surface area contributed by atoms with E-state index in [2.05, 4.69) is 20.6 Å². The van der Waals surface area contributed by atoms with E-state index in [1.165, 1.54) is 11.6 Å². The van der Waals surface area contributed by atoms with Crippen molar-refractivity contribution in [1.29, 1.82) is 0 Å². The Bertz CT molecular complexity index is 1190. The number of carbonyl (C=O) groups excluding carboxylic acids is 1. The van der Waals surface area contributed by atoms with Gasteiger partial charge >= 0.3 is 0 Å². The number of amides is 1. The second-order valence-electron chi connectivity index (χ2n) is 6.80. The highest BCUT2D eigenvalue weighted by molar-refractivity contribution is 5.91. The zero-order chi connectivity index (χ0) is 20.9. The van der Waals surface area contributed by atoms with Crippen molar-refractivity contribution < 1.29 is 9.53 Å². The van der Waals surface area contributed by atoms with Crippen molar-refractivity contribution in [2.45, 2.75) is 13.5 Å². The lowest BCUT2D eigenvalue weighted by atomic mass is 10.1. The highest BCUT2D eigenvalue weighted by Crippen LogP contribution is 2.18. The Labute approximate surface area is 174 Å². The van der Waals surface area contributed by atoms with Gasteiger partial charge in [-0.1, -0.05) is 42.0 Å². The number of hydrogen-bond acceptors (Lipinski definition) is 5. The number of rotatable bonds is 6. The molecule has 0 aliphatic heterocycles. The van der Waals surface area contributed by atoms with Gasteiger partial charge in [-0.25, -0.2) is 0 Å². The largest absolute Gasteiger partial charge is 0.497 e. The summed E-state index contributed by atoms with van der Waals surface area (Å²) in [5.74, 6) is 1.11. The normalized spacial score (nSPS) is 11.1. The molecule has 0 spiro atoms. The number of benzene rings is 2. The van der Waals surface area contributed by atoms with Gasteiger partial charge in [0.25, 0.3) is 0 Å². The lowest BCUT2D eigenvalue weighted by molar-refractivity contribution is -0.116. The van der Waals surface area contributed by atoms with E-state index < -0.39 is 0 Å². The second-order valence-corrected chi connectivity index (χ2v) is 6.80. The monoisotopic (exact) mass is 399 g/mol. The predicted molar refractivity (Wildman–Crippen MR) is 115 cm³/mol. The third-order valence-electron chi connectivity index (χ3n) is 4.64. The molecule has 2 aromatic carbocycles. The number of carbonyl (C=O) groups is 1. The fraction of sp³-hybridized carbons (Fsp3) is 0.130. The summed E-state index contributed by atoms with van der Waals surface area (Å²) in [6.07, 6.45) is 3.22. The Kier molecular flexibility index (Phi) is 5.52. The molecular formula is C23H21N5O2. The fourth-order valence-corrected chi connectivity index (χ4v) is 2.93. The van der Waals surface area contributed by atoms with Crippen LogP contribution in [0.3, 0.4) is 0 Å². The van der Waals surface area contributed by atoms with Gasteiger partial charge in [0.1, 0.15) is 5.75 Å². The van der Waals surface area contributed by atoms with Crippen LogP contribution in [0.15, 0.2) is 66.7 Å². The molecule has 0 saturated carbocycles. The number of methoxy groups -OCH3 is 1. The molecule has 7 heteroatoms. The number of aromatic nitrogens is 4. The Morgan fingerprint density at radius 2 is 1.80 bits per heavy atom. The van der Waals surface area contributed by atoms with Crippen LogP contribution in [0.2, 0.25) is 0 Å². The van der Waals surface area contributed by atoms with Crippen LogP contribution in [0.4, 0.5) is 0 Å². The third-order valence-corrected chi connectivity index (χ3v) is 4.64. The maximum absolute atomic E-state index is 12.2. The minimum absolute atomic E-state index is 0.220. The summed E-state index contributed by atoms with van der Waals surface area (Å²) < 4.78 is 6.78. The predicted octanol–water partition coefficient (Wildman–Crippen LogP) is 3.44. The molecule has 0 radical (unpaired) electrons. The lowest BCUT2D eigenvalue weighted by Crippen LogP contribution is -2.22. The molecule has 4 rings (SSSR count). The molecule has 0 bridgehead atoms. The van der Waals surface area contributed by atoms with Gasteiger partial charge in [0.15, 0.2) is 11.5 Å². The first-order valence-electron chi connectivity index (χ1n) is 9.51. The van der Waals surface area contributed by atoms with Crippen LogP contribution in [-0.4, -0.2) is 32.8 Å². The topological polar surface area (TPSA) is 81.4 Å². The number of ether oxygens (including phenoxy) is 1. The van der Waals surface area contributed by atoms with E-state index in [0.717, 1.165) is 22.6 Å². The molecule has 2 heterocycles. The number of nitrogens with zero attached hydrogens (tertiary/aromatic N) is 4. The van der Waals surface area contributed by atoms with Gasteiger partial charge in [0.2, 0.25) is 5.91 Å². The molecule has 7 nitrogen and oxygen atoms in total. The summed E-state index contributed by atoms with van der Waals surface area (Å²) in [7, 11) is 1.62. The maximum atomic E-state index is 12.2. The summed E-state index contributed by atoms with van der Waals surface area (Å²) in [5.41, 5.74) is 4.55. The minimum Gasteiger partial charge on any atom is -0.497 e. The van der Waals surface area contributed by atoms with Crippen LogP contribution in [-0.2, 0) is 11.3 Å². The quantitative estimate of drug-likeness (QED) is 0.502. The summed E-state index contributed by atoms with van der Waals surface area (Å²) in [5, 5.41) is 15.7. The van der Waals surface area contributed by atoms with Crippen molar-refractivity contribution in [3.63, 3.8) is 0 Å². The molecule has 4 aromatic rings. The van der Waals surface area contributed by atoms with E-state index in [-0.39, 0.29) is 12.5 Å². The summed E-state index contributed by atoms with van der Waals surface area (Å²) >= 11 is 0. The van der Waals surface area contributed by atoms with Gasteiger partial charge < -0.3 is 10.1 Å². The van der Waals surface area contributed by atoms with Gasteiger partial charge in [-0.3, -0.25) is 4.79 Å². The molecule has 30 heavy (non-hydrogen) atoms. The molecule has 1 amide bonds. The Hall–Kier alpha value is -4.00. The van der Waals surface area contributed by atoms with E-state index in [4.69, 9.17) is 4.74 Å². The SMILES string of the molecule is COc1ccc(/C=C/C(=O)NCc2nnc3ccc(-c4ccc(C)cc4)nn23)cc1. The molecule has 0 aliphatic rings. The molecule has 0 unspecified atom stereocenters. The third kappa shape index (κ3) is 4.35. The van der Waals surface area contributed by atoms with E-state index in [1.54, 1.807) is 17.7 Å². The number of hydrogen-bond donors (Lipinski definition) is 1. The standard InChI is InChI=1S/C23H21N5O2/c1-16-3-8-18(9-4-16)20-12-13-21-25-26-22(28(21)27-20)15-24-23(29)14-7-17-5-10-19(30-2)11-6-17/h3-14H,15H2,1-2H3,(H,24,29)/b14-7+. The second kappa shape index (κ2) is 8.57. The number of nitrogens with one attached hydrogen (secondary N) is 1. The zero-order valence-corrected chi connectivity index (χ0v) is 16.7. The highest BCUT2D eigenvalue weighted by atomic mass is 16.5. The van der Waals surface area contributed by atoms with Gasteiger partial charge in [0, 0.05) is 11.6 Å². The number of aryl methyl sites for hydroxylation is 1. The summed E-state index contributed by atoms with van der Waals surface area (Å²) in [6.45, 7) is 2.27. The first-order valence-corrected chi connectivity index (χ1v) is 9.51. The van der Waals surface area contributed by atoms with Gasteiger partial charge in [-0.05, 0) is 42.8 Å². The molecule has 150 valence electrons. The highest BCUT2D eigenvalue weighted by Gasteiger charge is 2.09. The van der Waals surface area contributed by atoms with Gasteiger partial charge in [-0.2, -0.15) is 9.61 Å². The van der Waals surface area contributed by atoms with E-state index in [9.17, 15) is 4.79 Å². The molecule has 0 aliphatic carbocycles. The van der Waals surface area contributed by atoms with E-state index in [0.29, 0.717) is 11.5 Å². The van der Waals surface area contributed by atoms with Crippen molar-refractivity contribution in [2.24, 2.45) is 0 Å². The van der Waals surface area contributed by atoms with Crippen molar-refractivity contribution in [1.82, 2.24) is 25.1 Å². The van der Waals surface area contributed by atoms with Crippen LogP contribution >= 0.6 is 0 Å². The summed E-state index contributed by atoms with van der Waals surface area (Å²) in [4.78, 5) is 12.2. The lowest BCUT2D eigenvalue weighted by Gasteiger charge is -2.04. The van der Waals surface area contributed by atoms with E-state index in [1.807, 2.05) is 67.6 Å². The van der Waals surface area contributed by atoms with Crippen LogP contribution < -0.4 is 10.1 Å². The minimum atomic E-state index is -0.225. The number of fused-ring (bicyclic) bond motifs is 1. The molecule has 0 fully saturated rings. The average molecular weight is 399 g/mol. The molecule has 2 aromatic heterocycles. The van der Waals surface area contributed by atoms with Crippen LogP contribution in [0, 0.1) is 6.92 Å². The van der Waals surface area contributed by atoms with Crippen molar-refractivity contribution in [2.75, 3.05) is 7.11 Å².